The van der Waals surface area contributed by atoms with E-state index in [4.69, 9.17) is 9.98 Å². The van der Waals surface area contributed by atoms with Crippen LogP contribution in [0.25, 0.3) is 0 Å². The molecule has 0 aliphatic carbocycles. The first-order valence-electron chi connectivity index (χ1n) is 17.7. The van der Waals surface area contributed by atoms with Crippen LogP contribution in [0, 0.1) is 0 Å². The van der Waals surface area contributed by atoms with E-state index in [0.717, 1.165) is 62.0 Å². The maximum absolute atomic E-state index is 5.19. The average Bonchev–Trinajstić information content (AvgIpc) is 3.00. The van der Waals surface area contributed by atoms with Crippen LogP contribution in [0.15, 0.2) is 64.6 Å². The number of hydrogen-bond acceptors (Lipinski definition) is 2. The molecule has 3 heteroatoms. The van der Waals surface area contributed by atoms with E-state index in [-0.39, 0.29) is 16.5 Å². The number of hydrogen-bond donors (Lipinski definition) is 0. The van der Waals surface area contributed by atoms with Gasteiger partial charge in [0.25, 0.3) is 0 Å². The van der Waals surface area contributed by atoms with Gasteiger partial charge in [0.1, 0.15) is 0 Å². The Balaban J connectivity index is 0.00000924. The van der Waals surface area contributed by atoms with Gasteiger partial charge in [-0.15, -0.1) is 0 Å². The van der Waals surface area contributed by atoms with E-state index < -0.39 is 0 Å². The molecule has 43 heavy (non-hydrogen) atoms. The Kier molecular flexibility index (Phi) is 24.0. The first kappa shape index (κ1) is 39.0. The molecule has 242 valence electrons. The topological polar surface area (TPSA) is 24.7 Å². The molecule has 0 radical (unpaired) electrons. The van der Waals surface area contributed by atoms with Crippen LogP contribution in [0.5, 0.6) is 0 Å². The molecule has 0 saturated carbocycles. The molecule has 2 aromatic rings. The van der Waals surface area contributed by atoms with Crippen molar-refractivity contribution in [3.8, 4) is 0 Å². The van der Waals surface area contributed by atoms with Crippen molar-refractivity contribution in [3.63, 3.8) is 0 Å². The van der Waals surface area contributed by atoms with Crippen molar-refractivity contribution in [2.75, 3.05) is 0 Å². The van der Waals surface area contributed by atoms with Crippen LogP contribution >= 0.6 is 0 Å². The van der Waals surface area contributed by atoms with Crippen LogP contribution in [0.1, 0.15) is 154 Å². The molecule has 0 bridgehead atoms. The normalized spacial score (nSPS) is 12.0. The molecule has 0 aliphatic rings. The number of nitrogens with zero attached hydrogens (tertiary/aromatic N) is 2. The predicted molar refractivity (Wildman–Crippen MR) is 190 cm³/mol. The Morgan fingerprint density at radius 3 is 1.84 bits per heavy atom. The molecule has 0 spiro atoms. The van der Waals surface area contributed by atoms with Crippen LogP contribution in [-0.2, 0) is 35.8 Å². The van der Waals surface area contributed by atoms with Crippen LogP contribution < -0.4 is 0 Å². The molecule has 0 amide bonds. The number of aryl methyl sites for hydroxylation is 3. The van der Waals surface area contributed by atoms with E-state index in [9.17, 15) is 0 Å². The fourth-order valence-corrected chi connectivity index (χ4v) is 5.42. The van der Waals surface area contributed by atoms with Gasteiger partial charge < -0.3 is 0 Å². The van der Waals surface area contributed by atoms with Gasteiger partial charge in [-0.1, -0.05) is 122 Å². The van der Waals surface area contributed by atoms with Crippen molar-refractivity contribution < 1.29 is 16.5 Å². The van der Waals surface area contributed by atoms with Gasteiger partial charge in [-0.3, -0.25) is 9.98 Å². The summed E-state index contributed by atoms with van der Waals surface area (Å²) < 4.78 is 0. The second-order valence-corrected chi connectivity index (χ2v) is 12.1. The minimum absolute atomic E-state index is 0. The number of benzene rings is 2. The quantitative estimate of drug-likeness (QED) is 0.0478. The van der Waals surface area contributed by atoms with Crippen LogP contribution in [0.4, 0.5) is 11.4 Å². The number of unbranched alkanes of at least 4 members (excludes halogenated alkanes) is 11. The van der Waals surface area contributed by atoms with Crippen molar-refractivity contribution in [3.05, 3.63) is 71.3 Å². The molecule has 0 N–H and O–H groups in total. The summed E-state index contributed by atoms with van der Waals surface area (Å²) in [5.41, 5.74) is 7.52. The monoisotopic (exact) mass is 628 g/mol. The van der Waals surface area contributed by atoms with Gasteiger partial charge in [0.2, 0.25) is 0 Å². The van der Waals surface area contributed by atoms with E-state index in [0.29, 0.717) is 0 Å². The molecule has 2 aromatic carbocycles. The number of allylic oxidation sites excluding steroid dienone is 2. The Labute approximate surface area is 276 Å². The maximum Gasteiger partial charge on any atom is 0.0665 e. The smallest absolute Gasteiger partial charge is 0.0665 e. The zero-order chi connectivity index (χ0) is 30.1. The summed E-state index contributed by atoms with van der Waals surface area (Å²) in [5.74, 6) is 0. The molecule has 0 aliphatic heterocycles. The summed E-state index contributed by atoms with van der Waals surface area (Å²) in [6.07, 6.45) is 31.4. The number of para-hydroxylation sites is 1. The Morgan fingerprint density at radius 2 is 1.19 bits per heavy atom. The zero-order valence-electron chi connectivity index (χ0n) is 28.1. The van der Waals surface area contributed by atoms with E-state index in [1.165, 1.54) is 100 Å². The van der Waals surface area contributed by atoms with Crippen molar-refractivity contribution >= 4 is 23.3 Å². The van der Waals surface area contributed by atoms with Crippen molar-refractivity contribution in [2.24, 2.45) is 9.98 Å². The first-order chi connectivity index (χ1) is 20.7. The molecule has 0 aromatic heterocycles. The van der Waals surface area contributed by atoms with Gasteiger partial charge in [-0.25, -0.2) is 0 Å². The third kappa shape index (κ3) is 18.4. The van der Waals surface area contributed by atoms with Gasteiger partial charge in [-0.2, -0.15) is 0 Å². The molecule has 0 fully saturated rings. The minimum Gasteiger partial charge on any atom is -0.255 e. The fourth-order valence-electron chi connectivity index (χ4n) is 5.42. The van der Waals surface area contributed by atoms with E-state index in [1.54, 1.807) is 0 Å². The Morgan fingerprint density at radius 1 is 0.605 bits per heavy atom. The molecule has 2 rings (SSSR count). The van der Waals surface area contributed by atoms with E-state index in [1.807, 2.05) is 0 Å². The van der Waals surface area contributed by atoms with Gasteiger partial charge in [0.15, 0.2) is 0 Å². The number of rotatable bonds is 24. The number of aliphatic imine (C=N–C) groups is 2. The predicted octanol–water partition coefficient (Wildman–Crippen LogP) is 13.1. The van der Waals surface area contributed by atoms with Gasteiger partial charge in [-0.05, 0) is 106 Å². The Hall–Kier alpha value is -1.99. The van der Waals surface area contributed by atoms with Gasteiger partial charge in [0.05, 0.1) is 17.1 Å². The second-order valence-electron chi connectivity index (χ2n) is 12.1. The SMILES string of the molecule is CCCCCCCC=CCCCc1ccccc1N=C(C=Nc1cc(CCCCC)cc(CCCCC)c1)CCCC.[Ni]. The van der Waals surface area contributed by atoms with Crippen LogP contribution in [0.3, 0.4) is 0 Å². The summed E-state index contributed by atoms with van der Waals surface area (Å²) >= 11 is 0. The summed E-state index contributed by atoms with van der Waals surface area (Å²) in [5, 5.41) is 0. The fraction of sp³-hybridized carbons (Fsp3) is 0.600. The van der Waals surface area contributed by atoms with Gasteiger partial charge >= 0.3 is 0 Å². The molecular formula is C40H62N2Ni. The third-order valence-electron chi connectivity index (χ3n) is 8.04. The van der Waals surface area contributed by atoms with Crippen LogP contribution in [-0.4, -0.2) is 11.9 Å². The zero-order valence-corrected chi connectivity index (χ0v) is 29.1. The largest absolute Gasteiger partial charge is 0.255 e. The molecule has 2 nitrogen and oxygen atoms in total. The molecule has 0 atom stereocenters. The maximum atomic E-state index is 5.19. The van der Waals surface area contributed by atoms with E-state index in [2.05, 4.69) is 88.5 Å². The van der Waals surface area contributed by atoms with Crippen LogP contribution in [0.2, 0.25) is 0 Å². The molecule has 0 unspecified atom stereocenters. The van der Waals surface area contributed by atoms with Crippen molar-refractivity contribution in [1.29, 1.82) is 0 Å². The summed E-state index contributed by atoms with van der Waals surface area (Å²) in [7, 11) is 0. The third-order valence-corrected chi connectivity index (χ3v) is 8.04. The first-order valence-corrected chi connectivity index (χ1v) is 17.7. The Bertz CT molecular complexity index is 1020. The van der Waals surface area contributed by atoms with E-state index >= 15 is 0 Å². The summed E-state index contributed by atoms with van der Waals surface area (Å²) in [6, 6.07) is 15.8. The van der Waals surface area contributed by atoms with Gasteiger partial charge in [0, 0.05) is 22.7 Å². The summed E-state index contributed by atoms with van der Waals surface area (Å²) in [6.45, 7) is 9.09. The molecule has 0 saturated heterocycles. The summed E-state index contributed by atoms with van der Waals surface area (Å²) in [4.78, 5) is 10.2. The standard InChI is InChI=1S/C40H62N2.Ni/c1-5-9-13-14-15-16-17-18-19-22-27-37-28-23-24-30-40(37)42-38(29-12-8-4)34-41-39-32-35(25-20-10-6-2)31-36(33-39)26-21-11-7-3;/h17-18,23-24,28,30-34H,5-16,19-22,25-27,29H2,1-4H3;. The second kappa shape index (κ2) is 26.4. The molecular weight excluding hydrogens is 567 g/mol. The molecule has 0 heterocycles. The van der Waals surface area contributed by atoms with Crippen molar-refractivity contribution in [2.45, 2.75) is 156 Å². The minimum atomic E-state index is 0. The van der Waals surface area contributed by atoms with Crippen molar-refractivity contribution in [1.82, 2.24) is 0 Å². The average molecular weight is 630 g/mol.